The van der Waals surface area contributed by atoms with E-state index in [1.807, 2.05) is 13.0 Å². The topological polar surface area (TPSA) is 74.8 Å². The molecule has 3 rings (SSSR count). The fraction of sp³-hybridized carbons (Fsp3) is 0.133. The van der Waals surface area contributed by atoms with Crippen LogP contribution in [-0.4, -0.2) is 15.9 Å². The molecular formula is C15H13N3O2S. The molecule has 21 heavy (non-hydrogen) atoms. The Morgan fingerprint density at radius 1 is 1.38 bits per heavy atom. The second-order valence-corrected chi connectivity index (χ2v) is 5.65. The Morgan fingerprint density at radius 2 is 2.19 bits per heavy atom. The van der Waals surface area contributed by atoms with E-state index in [0.29, 0.717) is 10.5 Å². The molecule has 0 saturated heterocycles. The number of H-pyrrole nitrogens is 1. The Kier molecular flexibility index (Phi) is 3.53. The van der Waals surface area contributed by atoms with Crippen molar-refractivity contribution in [3.05, 3.63) is 57.5 Å². The van der Waals surface area contributed by atoms with Gasteiger partial charge in [-0.2, -0.15) is 0 Å². The third-order valence-electron chi connectivity index (χ3n) is 3.12. The Hall–Kier alpha value is -2.47. The lowest BCUT2D eigenvalue weighted by Gasteiger charge is -2.03. The summed E-state index contributed by atoms with van der Waals surface area (Å²) in [6.45, 7) is 2.03. The summed E-state index contributed by atoms with van der Waals surface area (Å²) >= 11 is 1.43. The molecule has 0 bridgehead atoms. The summed E-state index contributed by atoms with van der Waals surface area (Å²) in [6, 6.07) is 8.82. The molecule has 2 heterocycles. The van der Waals surface area contributed by atoms with Crippen molar-refractivity contribution in [3.8, 4) is 0 Å². The Bertz CT molecular complexity index is 866. The van der Waals surface area contributed by atoms with Crippen molar-refractivity contribution in [2.24, 2.45) is 0 Å². The monoisotopic (exact) mass is 299 g/mol. The van der Waals surface area contributed by atoms with Gasteiger partial charge in [-0.15, -0.1) is 11.3 Å². The van der Waals surface area contributed by atoms with Crippen molar-refractivity contribution in [2.75, 3.05) is 5.32 Å². The standard InChI is InChI=1S/C15H13N3O2S/c1-2-10-8-16-15(21-10)18-14(20)12-7-9-5-3-4-6-11(9)13(19)17-12/h3-8H,2H2,1H3,(H,17,19)(H,16,18,20). The number of aryl methyl sites for hydroxylation is 1. The van der Waals surface area contributed by atoms with E-state index in [-0.39, 0.29) is 17.2 Å². The number of thiazole rings is 1. The van der Waals surface area contributed by atoms with Crippen molar-refractivity contribution in [1.29, 1.82) is 0 Å². The predicted octanol–water partition coefficient (Wildman–Crippen LogP) is 2.80. The van der Waals surface area contributed by atoms with Gasteiger partial charge < -0.3 is 4.98 Å². The quantitative estimate of drug-likeness (QED) is 0.781. The van der Waals surface area contributed by atoms with Gasteiger partial charge in [-0.25, -0.2) is 4.98 Å². The molecule has 0 saturated carbocycles. The number of amides is 1. The van der Waals surface area contributed by atoms with Crippen LogP contribution < -0.4 is 10.9 Å². The van der Waals surface area contributed by atoms with Gasteiger partial charge in [-0.3, -0.25) is 14.9 Å². The smallest absolute Gasteiger partial charge is 0.273 e. The number of aromatic amines is 1. The van der Waals surface area contributed by atoms with Crippen LogP contribution in [0.15, 0.2) is 41.3 Å². The second kappa shape index (κ2) is 5.49. The van der Waals surface area contributed by atoms with E-state index >= 15 is 0 Å². The van der Waals surface area contributed by atoms with Gasteiger partial charge in [0.1, 0.15) is 5.69 Å². The predicted molar refractivity (Wildman–Crippen MR) is 84.0 cm³/mol. The van der Waals surface area contributed by atoms with E-state index in [2.05, 4.69) is 15.3 Å². The summed E-state index contributed by atoms with van der Waals surface area (Å²) in [6.07, 6.45) is 2.61. The van der Waals surface area contributed by atoms with Crippen LogP contribution in [0.3, 0.4) is 0 Å². The molecule has 0 unspecified atom stereocenters. The molecule has 0 spiro atoms. The van der Waals surface area contributed by atoms with Crippen molar-refractivity contribution >= 4 is 33.1 Å². The van der Waals surface area contributed by atoms with Gasteiger partial charge in [0.25, 0.3) is 11.5 Å². The van der Waals surface area contributed by atoms with Crippen LogP contribution in [-0.2, 0) is 6.42 Å². The lowest BCUT2D eigenvalue weighted by atomic mass is 10.1. The fourth-order valence-corrected chi connectivity index (χ4v) is 2.77. The largest absolute Gasteiger partial charge is 0.317 e. The van der Waals surface area contributed by atoms with Gasteiger partial charge in [-0.1, -0.05) is 25.1 Å². The number of hydrogen-bond donors (Lipinski definition) is 2. The van der Waals surface area contributed by atoms with Crippen LogP contribution in [0.2, 0.25) is 0 Å². The van der Waals surface area contributed by atoms with Gasteiger partial charge in [-0.05, 0) is 23.9 Å². The number of nitrogens with zero attached hydrogens (tertiary/aromatic N) is 1. The van der Waals surface area contributed by atoms with Crippen molar-refractivity contribution in [1.82, 2.24) is 9.97 Å². The summed E-state index contributed by atoms with van der Waals surface area (Å²) in [4.78, 5) is 32.0. The molecule has 0 atom stereocenters. The number of rotatable bonds is 3. The molecule has 6 heteroatoms. The minimum absolute atomic E-state index is 0.229. The zero-order chi connectivity index (χ0) is 14.8. The molecule has 2 aromatic heterocycles. The summed E-state index contributed by atoms with van der Waals surface area (Å²) in [5.41, 5.74) is -0.0430. The number of pyridine rings is 1. The highest BCUT2D eigenvalue weighted by Crippen LogP contribution is 2.19. The lowest BCUT2D eigenvalue weighted by molar-refractivity contribution is 0.102. The summed E-state index contributed by atoms with van der Waals surface area (Å²) in [5, 5.41) is 4.54. The van der Waals surface area contributed by atoms with E-state index in [1.165, 1.54) is 11.3 Å². The third kappa shape index (κ3) is 2.71. The molecule has 3 aromatic rings. The Morgan fingerprint density at radius 3 is 2.95 bits per heavy atom. The molecule has 5 nitrogen and oxygen atoms in total. The van der Waals surface area contributed by atoms with E-state index in [4.69, 9.17) is 0 Å². The van der Waals surface area contributed by atoms with Crippen LogP contribution in [0.4, 0.5) is 5.13 Å². The molecular weight excluding hydrogens is 286 g/mol. The van der Waals surface area contributed by atoms with Gasteiger partial charge in [0.15, 0.2) is 5.13 Å². The molecule has 106 valence electrons. The second-order valence-electron chi connectivity index (χ2n) is 4.54. The maximum absolute atomic E-state index is 12.2. The number of carbonyl (C=O) groups excluding carboxylic acids is 1. The van der Waals surface area contributed by atoms with E-state index in [1.54, 1.807) is 30.5 Å². The number of aromatic nitrogens is 2. The zero-order valence-electron chi connectivity index (χ0n) is 11.3. The highest BCUT2D eigenvalue weighted by atomic mass is 32.1. The van der Waals surface area contributed by atoms with Crippen molar-refractivity contribution < 1.29 is 4.79 Å². The number of anilines is 1. The maximum Gasteiger partial charge on any atom is 0.273 e. The maximum atomic E-state index is 12.2. The average Bonchev–Trinajstić information content (AvgIpc) is 2.95. The number of fused-ring (bicyclic) bond motifs is 1. The Labute approximate surface area is 124 Å². The molecule has 2 N–H and O–H groups in total. The first kappa shape index (κ1) is 13.5. The SMILES string of the molecule is CCc1cnc(NC(=O)c2cc3ccccc3c(=O)[nH]2)s1. The normalized spacial score (nSPS) is 10.7. The lowest BCUT2D eigenvalue weighted by Crippen LogP contribution is -2.18. The molecule has 0 aliphatic heterocycles. The van der Waals surface area contributed by atoms with Gasteiger partial charge in [0.2, 0.25) is 0 Å². The van der Waals surface area contributed by atoms with Crippen LogP contribution in [0.25, 0.3) is 10.8 Å². The Balaban J connectivity index is 1.92. The number of hydrogen-bond acceptors (Lipinski definition) is 4. The molecule has 0 radical (unpaired) electrons. The molecule has 1 amide bonds. The van der Waals surface area contributed by atoms with Gasteiger partial charge >= 0.3 is 0 Å². The molecule has 0 fully saturated rings. The van der Waals surface area contributed by atoms with E-state index in [0.717, 1.165) is 16.7 Å². The van der Waals surface area contributed by atoms with E-state index < -0.39 is 0 Å². The highest BCUT2D eigenvalue weighted by molar-refractivity contribution is 7.15. The van der Waals surface area contributed by atoms with E-state index in [9.17, 15) is 9.59 Å². The first-order valence-corrected chi connectivity index (χ1v) is 7.37. The summed E-state index contributed by atoms with van der Waals surface area (Å²) < 4.78 is 0. The fourth-order valence-electron chi connectivity index (χ4n) is 2.03. The van der Waals surface area contributed by atoms with Crippen molar-refractivity contribution in [3.63, 3.8) is 0 Å². The van der Waals surface area contributed by atoms with Gasteiger partial charge in [0.05, 0.1) is 0 Å². The van der Waals surface area contributed by atoms with Crippen LogP contribution in [0.5, 0.6) is 0 Å². The minimum atomic E-state index is -0.366. The first-order chi connectivity index (χ1) is 10.2. The third-order valence-corrected chi connectivity index (χ3v) is 4.18. The molecule has 1 aromatic carbocycles. The zero-order valence-corrected chi connectivity index (χ0v) is 12.2. The number of nitrogens with one attached hydrogen (secondary N) is 2. The average molecular weight is 299 g/mol. The molecule has 0 aliphatic rings. The molecule has 0 aliphatic carbocycles. The highest BCUT2D eigenvalue weighted by Gasteiger charge is 2.11. The summed E-state index contributed by atoms with van der Waals surface area (Å²) in [5.74, 6) is -0.366. The van der Waals surface area contributed by atoms with Gasteiger partial charge in [0, 0.05) is 16.5 Å². The van der Waals surface area contributed by atoms with Crippen LogP contribution in [0, 0.1) is 0 Å². The number of benzene rings is 1. The van der Waals surface area contributed by atoms with Crippen LogP contribution >= 0.6 is 11.3 Å². The minimum Gasteiger partial charge on any atom is -0.317 e. The van der Waals surface area contributed by atoms with Crippen LogP contribution in [0.1, 0.15) is 22.3 Å². The summed E-state index contributed by atoms with van der Waals surface area (Å²) in [7, 11) is 0. The number of carbonyl (C=O) groups is 1. The van der Waals surface area contributed by atoms with Crippen molar-refractivity contribution in [2.45, 2.75) is 13.3 Å². The first-order valence-electron chi connectivity index (χ1n) is 6.55.